The predicted molar refractivity (Wildman–Crippen MR) is 236 cm³/mol. The van der Waals surface area contributed by atoms with Gasteiger partial charge in [-0.3, -0.25) is 4.79 Å². The highest BCUT2D eigenvalue weighted by Gasteiger charge is 2.55. The number of piperidine rings is 1. The third kappa shape index (κ3) is 6.88. The Morgan fingerprint density at radius 3 is 2.29 bits per heavy atom. The summed E-state index contributed by atoms with van der Waals surface area (Å²) in [5.74, 6) is -2.34. The molecule has 2 aliphatic heterocycles. The molecule has 4 unspecified atom stereocenters. The Balaban J connectivity index is 0.901. The fourth-order valence-corrected chi connectivity index (χ4v) is 10.9. The lowest BCUT2D eigenvalue weighted by Crippen LogP contribution is -2.61. The molecule has 3 amide bonds. The quantitative estimate of drug-likeness (QED) is 0.0509. The van der Waals surface area contributed by atoms with E-state index in [1.165, 1.54) is 18.2 Å². The van der Waals surface area contributed by atoms with Crippen LogP contribution in [-0.2, 0) is 15.5 Å². The fraction of sp³-hybridized carbons (Fsp3) is 0.367. The van der Waals surface area contributed by atoms with Crippen LogP contribution in [0.4, 0.5) is 18.4 Å². The zero-order valence-corrected chi connectivity index (χ0v) is 36.5. The molecule has 4 aromatic carbocycles. The van der Waals surface area contributed by atoms with Crippen LogP contribution < -0.4 is 5.32 Å². The van der Waals surface area contributed by atoms with E-state index in [-0.39, 0.29) is 41.0 Å². The molecule has 4 aliphatic rings. The number of quaternary nitrogens is 1. The van der Waals surface area contributed by atoms with E-state index in [1.54, 1.807) is 61.7 Å². The first kappa shape index (κ1) is 42.5. The van der Waals surface area contributed by atoms with Crippen LogP contribution >= 0.6 is 0 Å². The van der Waals surface area contributed by atoms with Gasteiger partial charge in [0.25, 0.3) is 5.92 Å². The van der Waals surface area contributed by atoms with Gasteiger partial charge < -0.3 is 30.0 Å². The van der Waals surface area contributed by atoms with Gasteiger partial charge in [-0.1, -0.05) is 74.5 Å². The first-order chi connectivity index (χ1) is 31.2. The van der Waals surface area contributed by atoms with Crippen LogP contribution in [0.5, 0.6) is 0 Å². The van der Waals surface area contributed by atoms with Crippen molar-refractivity contribution in [3.63, 3.8) is 0 Å². The maximum Gasteiger partial charge on any atom is 0.568 e. The van der Waals surface area contributed by atoms with Gasteiger partial charge in [-0.2, -0.15) is 18.8 Å². The molecule has 2 aliphatic carbocycles. The number of alkyl carbamates (subject to hydrolysis) is 1. The number of hydrogen-bond acceptors (Lipinski definition) is 8. The number of ether oxygens (including phenoxy) is 1. The number of halogens is 2. The highest BCUT2D eigenvalue weighted by molar-refractivity contribution is 5.88. The van der Waals surface area contributed by atoms with Gasteiger partial charge in [-0.15, -0.1) is 5.01 Å². The summed E-state index contributed by atoms with van der Waals surface area (Å²) in [7, 11) is 1.27. The standard InChI is InChI=1S/C49H50F2N8O6/c1-26(2)42(56-47(61)65-4)46(60)58-33-16-12-32(21-33)43(58)45-53-38-19-15-30(24-39(38)54-45)29-13-17-34-35-18-14-31(23-37(35)49(50,51)36(34)22-29)40-25-52-44(55-40)41-11-8-20-57(41)59(64,48(62)63)27(3)28-9-6-5-7-10-28/h5-7,9-10,13-15,17-19,22-27,32-33,41-43,64H,8,11-12,16,20-21H2,1-4H3,(H3-,52,53,54,55,56,61,62,63)/p+1/t27?,32-,33+,41?,42?,43-,59?/m0/s1. The van der Waals surface area contributed by atoms with Crippen molar-refractivity contribution in [1.29, 1.82) is 0 Å². The van der Waals surface area contributed by atoms with Crippen molar-refractivity contribution >= 4 is 29.1 Å². The number of methoxy groups -OCH3 is 1. The second-order valence-corrected chi connectivity index (χ2v) is 18.2. The van der Waals surface area contributed by atoms with Gasteiger partial charge in [-0.25, -0.2) is 14.8 Å². The molecule has 10 rings (SSSR count). The van der Waals surface area contributed by atoms with E-state index >= 15 is 8.78 Å². The second kappa shape index (κ2) is 15.9. The normalized spacial score (nSPS) is 22.7. The Morgan fingerprint density at radius 2 is 1.58 bits per heavy atom. The lowest BCUT2D eigenvalue weighted by Gasteiger charge is -2.38. The van der Waals surface area contributed by atoms with E-state index < -0.39 is 41.0 Å². The summed E-state index contributed by atoms with van der Waals surface area (Å²) in [5.41, 5.74) is 5.04. The van der Waals surface area contributed by atoms with Crippen LogP contribution in [0.15, 0.2) is 91.1 Å². The summed E-state index contributed by atoms with van der Waals surface area (Å²) >= 11 is 0. The SMILES string of the molecule is COC(=O)NC(C(=O)N1[C@@H]2CC[C@@H](C2)[C@H]1c1nc2ccc(-c3ccc4c(c3)C(F)(F)c3cc(-c5cnc(C6CCCN6[N+](O)(C(=O)O)C(C)c6ccccc6)[nH]5)ccc3-4)cc2[nH]1)C(C)C. The summed E-state index contributed by atoms with van der Waals surface area (Å²) in [6.07, 6.45) is 3.34. The van der Waals surface area contributed by atoms with Crippen molar-refractivity contribution in [2.24, 2.45) is 11.8 Å². The van der Waals surface area contributed by atoms with Gasteiger partial charge in [0.15, 0.2) is 6.04 Å². The van der Waals surface area contributed by atoms with Crippen LogP contribution in [0.25, 0.3) is 44.5 Å². The first-order valence-corrected chi connectivity index (χ1v) is 22.2. The molecule has 65 heavy (non-hydrogen) atoms. The molecule has 0 spiro atoms. The number of rotatable bonds is 10. The van der Waals surface area contributed by atoms with E-state index in [4.69, 9.17) is 9.72 Å². The number of nitrogens with one attached hydrogen (secondary N) is 3. The van der Waals surface area contributed by atoms with Crippen molar-refractivity contribution in [3.8, 4) is 33.5 Å². The minimum absolute atomic E-state index is 0.0391. The van der Waals surface area contributed by atoms with Crippen LogP contribution in [-0.4, -0.2) is 88.7 Å². The number of carbonyl (C=O) groups excluding carboxylic acids is 2. The van der Waals surface area contributed by atoms with Gasteiger partial charge in [0, 0.05) is 33.1 Å². The van der Waals surface area contributed by atoms with Crippen LogP contribution in [0, 0.1) is 11.8 Å². The van der Waals surface area contributed by atoms with Gasteiger partial charge in [0.2, 0.25) is 5.91 Å². The first-order valence-electron chi connectivity index (χ1n) is 22.2. The topological polar surface area (TPSA) is 177 Å². The number of hydroxylamine groups is 2. The molecular formula is C49H51F2N8O6+. The molecule has 3 fully saturated rings. The molecule has 0 radical (unpaired) electrons. The molecule has 2 bridgehead atoms. The maximum atomic E-state index is 16.7. The fourth-order valence-electron chi connectivity index (χ4n) is 10.9. The third-order valence-electron chi connectivity index (χ3n) is 14.3. The van der Waals surface area contributed by atoms with E-state index in [9.17, 15) is 24.7 Å². The van der Waals surface area contributed by atoms with Crippen molar-refractivity contribution in [2.75, 3.05) is 13.7 Å². The highest BCUT2D eigenvalue weighted by atomic mass is 19.3. The monoisotopic (exact) mass is 885 g/mol. The molecule has 2 aromatic heterocycles. The predicted octanol–water partition coefficient (Wildman–Crippen LogP) is 9.87. The highest BCUT2D eigenvalue weighted by Crippen LogP contribution is 2.54. The number of aromatic nitrogens is 4. The van der Waals surface area contributed by atoms with E-state index in [2.05, 4.69) is 20.3 Å². The second-order valence-electron chi connectivity index (χ2n) is 18.2. The van der Waals surface area contributed by atoms with Crippen molar-refractivity contribution in [2.45, 2.75) is 89.0 Å². The van der Waals surface area contributed by atoms with Crippen molar-refractivity contribution < 1.29 is 43.0 Å². The van der Waals surface area contributed by atoms with Crippen molar-refractivity contribution in [1.82, 2.24) is 35.2 Å². The summed E-state index contributed by atoms with van der Waals surface area (Å²) in [4.78, 5) is 57.2. The van der Waals surface area contributed by atoms with Gasteiger partial charge in [0.05, 0.1) is 42.6 Å². The molecule has 14 nitrogen and oxygen atoms in total. The number of imidazole rings is 2. The Hall–Kier alpha value is -6.49. The number of hydrogen-bond donors (Lipinski definition) is 5. The number of carbonyl (C=O) groups is 3. The smallest absolute Gasteiger partial charge is 0.453 e. The number of H-pyrrole nitrogens is 2. The molecule has 16 heteroatoms. The van der Waals surface area contributed by atoms with Crippen LogP contribution in [0.2, 0.25) is 0 Å². The van der Waals surface area contributed by atoms with Gasteiger partial charge >= 0.3 is 12.2 Å². The molecule has 1 saturated carbocycles. The molecular weight excluding hydrogens is 835 g/mol. The number of aromatic amines is 2. The lowest BCUT2D eigenvalue weighted by molar-refractivity contribution is -1.15. The zero-order valence-electron chi connectivity index (χ0n) is 36.5. The minimum Gasteiger partial charge on any atom is -0.453 e. The lowest BCUT2D eigenvalue weighted by atomic mass is 9.95. The van der Waals surface area contributed by atoms with Crippen LogP contribution in [0.3, 0.4) is 0 Å². The Kier molecular flexibility index (Phi) is 10.4. The maximum absolute atomic E-state index is 16.7. The Bertz CT molecular complexity index is 2850. The number of likely N-dealkylation sites (tertiary alicyclic amines) is 1. The number of amides is 3. The summed E-state index contributed by atoms with van der Waals surface area (Å²) in [5, 5.41) is 26.4. The number of alkyl halides is 2. The number of benzene rings is 4. The Labute approximate surface area is 373 Å². The Morgan fingerprint density at radius 1 is 0.892 bits per heavy atom. The summed E-state index contributed by atoms with van der Waals surface area (Å²) < 4.78 is 36.8. The number of fused-ring (bicyclic) bond motifs is 6. The third-order valence-corrected chi connectivity index (χ3v) is 14.3. The van der Waals surface area contributed by atoms with Gasteiger partial charge in [0.1, 0.15) is 23.7 Å². The van der Waals surface area contributed by atoms with Crippen LogP contribution in [0.1, 0.15) is 99.3 Å². The zero-order chi connectivity index (χ0) is 45.5. The number of nitrogens with zero attached hydrogens (tertiary/aromatic N) is 5. The van der Waals surface area contributed by atoms with Gasteiger partial charge in [-0.05, 0) is 97.4 Å². The van der Waals surface area contributed by atoms with Crippen molar-refractivity contribution in [3.05, 3.63) is 119 Å². The minimum atomic E-state index is -3.32. The molecule has 4 heterocycles. The molecule has 6 aromatic rings. The molecule has 5 N–H and O–H groups in total. The summed E-state index contributed by atoms with van der Waals surface area (Å²) in [6.45, 7) is 5.75. The molecule has 7 atom stereocenters. The molecule has 2 saturated heterocycles. The average Bonchev–Trinajstić information content (AvgIpc) is 4.19. The summed E-state index contributed by atoms with van der Waals surface area (Å²) in [6, 6.07) is 22.3. The van der Waals surface area contributed by atoms with E-state index in [0.29, 0.717) is 70.1 Å². The molecule has 336 valence electrons. The van der Waals surface area contributed by atoms with E-state index in [0.717, 1.165) is 30.3 Å². The largest absolute Gasteiger partial charge is 0.568 e. The average molecular weight is 886 g/mol. The number of carboxylic acid groups (broad SMARTS) is 1. The van der Waals surface area contributed by atoms with E-state index in [1.807, 2.05) is 49.1 Å².